The van der Waals surface area contributed by atoms with Crippen molar-refractivity contribution >= 4 is 32.6 Å². The van der Waals surface area contributed by atoms with E-state index in [9.17, 15) is 9.18 Å². The van der Waals surface area contributed by atoms with E-state index in [0.29, 0.717) is 23.7 Å². The van der Waals surface area contributed by atoms with E-state index in [0.717, 1.165) is 10.4 Å². The molecule has 27 heavy (non-hydrogen) atoms. The highest BCUT2D eigenvalue weighted by molar-refractivity contribution is 7.22. The number of rotatable bonds is 8. The largest absolute Gasteiger partial charge is 0.493 e. The molecule has 7 heteroatoms. The molecule has 0 aliphatic carbocycles. The summed E-state index contributed by atoms with van der Waals surface area (Å²) in [6.07, 6.45) is 0.223. The van der Waals surface area contributed by atoms with Gasteiger partial charge in [0.1, 0.15) is 17.1 Å². The van der Waals surface area contributed by atoms with E-state index in [2.05, 4.69) is 4.98 Å². The summed E-state index contributed by atoms with van der Waals surface area (Å²) in [5.74, 6) is 0.266. The Morgan fingerprint density at radius 3 is 2.59 bits per heavy atom. The highest BCUT2D eigenvalue weighted by atomic mass is 32.1. The van der Waals surface area contributed by atoms with Gasteiger partial charge in [-0.15, -0.1) is 0 Å². The Morgan fingerprint density at radius 1 is 1.11 bits per heavy atom. The zero-order chi connectivity index (χ0) is 19.2. The van der Waals surface area contributed by atoms with Crippen LogP contribution in [0.3, 0.4) is 0 Å². The lowest BCUT2D eigenvalue weighted by Crippen LogP contribution is -2.37. The molecule has 0 aliphatic heterocycles. The monoisotopic (exact) mass is 387 g/mol. The Balaban J connectivity index is 1.73. The number of fused-ring (bicyclic) bond motifs is 1. The average Bonchev–Trinajstić information content (AvgIpc) is 3.08. The molecule has 0 saturated carbocycles. The number of halogens is 1. The second-order valence-electron chi connectivity index (χ2n) is 6.34. The summed E-state index contributed by atoms with van der Waals surface area (Å²) in [5.41, 5.74) is 0.306. The average molecular weight is 387 g/mol. The van der Waals surface area contributed by atoms with Crippen LogP contribution in [0.2, 0.25) is 0 Å². The molecule has 0 atom stereocenters. The van der Waals surface area contributed by atoms with E-state index in [4.69, 9.17) is 4.74 Å². The topological polar surface area (TPSA) is 45.7 Å². The fourth-order valence-electron chi connectivity index (χ4n) is 2.55. The first-order valence-electron chi connectivity index (χ1n) is 8.72. The minimum absolute atomic E-state index is 0.0905. The van der Waals surface area contributed by atoms with Crippen molar-refractivity contribution in [2.24, 2.45) is 0 Å². The Kier molecular flexibility index (Phi) is 6.36. The number of carbonyl (C=O) groups excluding carboxylic acids is 1. The Morgan fingerprint density at radius 2 is 1.89 bits per heavy atom. The summed E-state index contributed by atoms with van der Waals surface area (Å²) in [6, 6.07) is 14.2. The van der Waals surface area contributed by atoms with E-state index < -0.39 is 0 Å². The molecular formula is C20H22FN3O2S. The van der Waals surface area contributed by atoms with Gasteiger partial charge in [-0.3, -0.25) is 9.69 Å². The standard InChI is InChI=1S/C20H22FN3O2S/c1-23(2)12-13-24(18(25)11-14-26-15-7-4-3-5-8-15)20-22-19-16(21)9-6-10-17(19)27-20/h3-10H,11-14H2,1-2H3. The molecule has 0 aliphatic rings. The van der Waals surface area contributed by atoms with Crippen LogP contribution in [-0.2, 0) is 4.79 Å². The van der Waals surface area contributed by atoms with Crippen LogP contribution in [0.15, 0.2) is 48.5 Å². The second-order valence-corrected chi connectivity index (χ2v) is 7.35. The fourth-order valence-corrected chi connectivity index (χ4v) is 3.58. The first kappa shape index (κ1) is 19.3. The number of thiazole rings is 1. The zero-order valence-electron chi connectivity index (χ0n) is 15.4. The first-order valence-corrected chi connectivity index (χ1v) is 9.54. The number of hydrogen-bond donors (Lipinski definition) is 0. The maximum absolute atomic E-state index is 14.0. The number of benzene rings is 2. The molecular weight excluding hydrogens is 365 g/mol. The van der Waals surface area contributed by atoms with Crippen molar-refractivity contribution < 1.29 is 13.9 Å². The smallest absolute Gasteiger partial charge is 0.232 e. The third kappa shape index (κ3) is 5.02. The summed E-state index contributed by atoms with van der Waals surface area (Å²) in [5, 5.41) is 0.515. The number of ether oxygens (including phenoxy) is 1. The first-order chi connectivity index (χ1) is 13.0. The molecule has 5 nitrogen and oxygen atoms in total. The molecule has 1 heterocycles. The van der Waals surface area contributed by atoms with Crippen LogP contribution in [-0.4, -0.2) is 49.6 Å². The molecule has 2 aromatic carbocycles. The summed E-state index contributed by atoms with van der Waals surface area (Å²) in [6.45, 7) is 1.45. The maximum Gasteiger partial charge on any atom is 0.232 e. The lowest BCUT2D eigenvalue weighted by Gasteiger charge is -2.22. The lowest BCUT2D eigenvalue weighted by atomic mass is 10.3. The van der Waals surface area contributed by atoms with Gasteiger partial charge in [-0.2, -0.15) is 0 Å². The molecule has 0 bridgehead atoms. The Labute approximate surface area is 162 Å². The number of nitrogens with zero attached hydrogens (tertiary/aromatic N) is 3. The number of aromatic nitrogens is 1. The highest BCUT2D eigenvalue weighted by Crippen LogP contribution is 2.30. The third-order valence-electron chi connectivity index (χ3n) is 3.99. The normalized spacial score (nSPS) is 11.1. The predicted octanol–water partition coefficient (Wildman–Crippen LogP) is 3.80. The molecule has 3 aromatic rings. The van der Waals surface area contributed by atoms with Gasteiger partial charge in [0.05, 0.1) is 17.7 Å². The minimum atomic E-state index is -0.373. The molecule has 0 saturated heterocycles. The summed E-state index contributed by atoms with van der Waals surface area (Å²) >= 11 is 1.32. The highest BCUT2D eigenvalue weighted by Gasteiger charge is 2.20. The summed E-state index contributed by atoms with van der Waals surface area (Å²) in [7, 11) is 3.89. The molecule has 0 N–H and O–H groups in total. The SMILES string of the molecule is CN(C)CCN(C(=O)CCOc1ccccc1)c1nc2c(F)cccc2s1. The van der Waals surface area contributed by atoms with Crippen molar-refractivity contribution in [1.29, 1.82) is 0 Å². The van der Waals surface area contributed by atoms with Crippen LogP contribution < -0.4 is 9.64 Å². The van der Waals surface area contributed by atoms with Crippen LogP contribution in [0.25, 0.3) is 10.2 Å². The molecule has 3 rings (SSSR count). The predicted molar refractivity (Wildman–Crippen MR) is 107 cm³/mol. The van der Waals surface area contributed by atoms with Gasteiger partial charge in [0.25, 0.3) is 0 Å². The van der Waals surface area contributed by atoms with E-state index in [1.54, 1.807) is 11.0 Å². The number of likely N-dealkylation sites (N-methyl/N-ethyl adjacent to an activating group) is 1. The van der Waals surface area contributed by atoms with Gasteiger partial charge in [0.2, 0.25) is 5.91 Å². The number of anilines is 1. The fraction of sp³-hybridized carbons (Fsp3) is 0.300. The van der Waals surface area contributed by atoms with Gasteiger partial charge in [-0.1, -0.05) is 35.6 Å². The lowest BCUT2D eigenvalue weighted by molar-refractivity contribution is -0.119. The Bertz CT molecular complexity index is 899. The van der Waals surface area contributed by atoms with Crippen LogP contribution in [0.4, 0.5) is 9.52 Å². The van der Waals surface area contributed by atoms with Crippen molar-refractivity contribution in [1.82, 2.24) is 9.88 Å². The van der Waals surface area contributed by atoms with Crippen molar-refractivity contribution in [3.05, 3.63) is 54.3 Å². The van der Waals surface area contributed by atoms with Gasteiger partial charge in [0.15, 0.2) is 5.13 Å². The summed E-state index contributed by atoms with van der Waals surface area (Å²) < 4.78 is 20.3. The van der Waals surface area contributed by atoms with Crippen molar-refractivity contribution in [3.8, 4) is 5.75 Å². The second kappa shape index (κ2) is 8.92. The quantitative estimate of drug-likeness (QED) is 0.590. The molecule has 0 radical (unpaired) electrons. The van der Waals surface area contributed by atoms with E-state index in [1.807, 2.05) is 55.4 Å². The van der Waals surface area contributed by atoms with Gasteiger partial charge in [-0.25, -0.2) is 9.37 Å². The van der Waals surface area contributed by atoms with Gasteiger partial charge < -0.3 is 9.64 Å². The molecule has 1 aromatic heterocycles. The van der Waals surface area contributed by atoms with E-state index >= 15 is 0 Å². The number of hydrogen-bond acceptors (Lipinski definition) is 5. The molecule has 0 unspecified atom stereocenters. The van der Waals surface area contributed by atoms with E-state index in [-0.39, 0.29) is 24.8 Å². The maximum atomic E-state index is 14.0. The van der Waals surface area contributed by atoms with Crippen molar-refractivity contribution in [2.45, 2.75) is 6.42 Å². The molecule has 0 fully saturated rings. The van der Waals surface area contributed by atoms with Gasteiger partial charge in [0, 0.05) is 13.1 Å². The van der Waals surface area contributed by atoms with Crippen LogP contribution >= 0.6 is 11.3 Å². The van der Waals surface area contributed by atoms with Crippen molar-refractivity contribution in [3.63, 3.8) is 0 Å². The summed E-state index contributed by atoms with van der Waals surface area (Å²) in [4.78, 5) is 20.8. The number of carbonyl (C=O) groups is 1. The van der Waals surface area contributed by atoms with E-state index in [1.165, 1.54) is 17.4 Å². The van der Waals surface area contributed by atoms with Gasteiger partial charge >= 0.3 is 0 Å². The third-order valence-corrected chi connectivity index (χ3v) is 5.03. The van der Waals surface area contributed by atoms with Crippen LogP contribution in [0.5, 0.6) is 5.75 Å². The van der Waals surface area contributed by atoms with Crippen molar-refractivity contribution in [2.75, 3.05) is 38.7 Å². The molecule has 0 spiro atoms. The zero-order valence-corrected chi connectivity index (χ0v) is 16.2. The van der Waals surface area contributed by atoms with Gasteiger partial charge in [-0.05, 0) is 38.4 Å². The van der Waals surface area contributed by atoms with Crippen LogP contribution in [0, 0.1) is 5.82 Å². The number of para-hydroxylation sites is 2. The minimum Gasteiger partial charge on any atom is -0.493 e. The Hall–Kier alpha value is -2.51. The molecule has 1 amide bonds. The van der Waals surface area contributed by atoms with Crippen LogP contribution in [0.1, 0.15) is 6.42 Å². The molecule has 142 valence electrons. The number of amides is 1.